The zero-order valence-corrected chi connectivity index (χ0v) is 7.38. The molecule has 1 heteroatoms. The van der Waals surface area contributed by atoms with Crippen molar-refractivity contribution < 1.29 is 0 Å². The van der Waals surface area contributed by atoms with Gasteiger partial charge in [0.05, 0.1) is 0 Å². The monoisotopic (exact) mass is 257 g/mol. The summed E-state index contributed by atoms with van der Waals surface area (Å²) in [6, 6.07) is 0. The second kappa shape index (κ2) is 1.75. The average Bonchev–Trinajstić information content (AvgIpc) is 1.76. The van der Waals surface area contributed by atoms with Crippen LogP contribution in [0.2, 0.25) is 0 Å². The predicted molar refractivity (Wildman–Crippen MR) is 24.0 cm³/mol. The molecule has 23 valence electrons. The molecule has 0 bridgehead atoms. The van der Waals surface area contributed by atoms with Crippen LogP contribution in [0.5, 0.6) is 0 Å². The Morgan fingerprint density at radius 1 is 1.00 bits per heavy atom. The average molecular weight is 256 g/mol. The molecule has 0 radical (unpaired) electrons. The van der Waals surface area contributed by atoms with Crippen molar-refractivity contribution in [1.29, 1.82) is 0 Å². The number of hydrogen-bond donors (Lipinski definition) is 0. The van der Waals surface area contributed by atoms with Gasteiger partial charge >= 0.3 is 43.7 Å². The molecule has 0 amide bonds. The van der Waals surface area contributed by atoms with E-state index < -0.39 is 0 Å². The van der Waals surface area contributed by atoms with E-state index in [1.54, 1.807) is 0 Å². The predicted octanol–water partition coefficient (Wildman–Crippen LogP) is 0.732. The van der Waals surface area contributed by atoms with Gasteiger partial charge in [0.1, 0.15) is 0 Å². The molecule has 0 saturated heterocycles. The normalized spacial score (nSPS) is 14.4. The van der Waals surface area contributed by atoms with Crippen LogP contribution in [-0.2, 0) is 0 Å². The number of rotatable bonds is 0. The molecule has 1 aliphatic rings. The zero-order chi connectivity index (χ0) is 3.54. The first kappa shape index (κ1) is 3.59. The van der Waals surface area contributed by atoms with Crippen LogP contribution in [0, 0.1) is 0 Å². The van der Waals surface area contributed by atoms with Crippen LogP contribution in [0.25, 0.3) is 0 Å². The van der Waals surface area contributed by atoms with E-state index in [1.807, 2.05) is 0 Å². The van der Waals surface area contributed by atoms with Crippen LogP contribution in [0.15, 0.2) is 19.4 Å². The van der Waals surface area contributed by atoms with E-state index in [9.17, 15) is 0 Å². The Labute approximate surface area is 43.8 Å². The van der Waals surface area contributed by atoms with Gasteiger partial charge in [-0.15, -0.1) is 0 Å². The van der Waals surface area contributed by atoms with Gasteiger partial charge in [-0.1, -0.05) is 0 Å². The van der Waals surface area contributed by atoms with Crippen LogP contribution < -0.4 is 0 Å². The maximum atomic E-state index is 2.33. The molecule has 1 rings (SSSR count). The van der Waals surface area contributed by atoms with Gasteiger partial charge in [0, 0.05) is 0 Å². The van der Waals surface area contributed by atoms with E-state index in [1.165, 1.54) is 0 Å². The van der Waals surface area contributed by atoms with Crippen LogP contribution in [0.4, 0.5) is 0 Å². The standard InChI is InChI=1S/C4H4.Tl/c1-3-4-2;/h1-4H;. The molecule has 0 saturated carbocycles. The molecular formula is C4H4Tl. The minimum absolute atomic E-state index is 0.296. The first-order chi connectivity index (χ1) is 2.50. The fourth-order valence-electron chi connectivity index (χ4n) is 0.321. The summed E-state index contributed by atoms with van der Waals surface area (Å²) in [4.78, 5) is 0. The van der Waals surface area contributed by atoms with Crippen molar-refractivity contribution in [3.63, 3.8) is 0 Å². The third kappa shape index (κ3) is 0.870. The van der Waals surface area contributed by atoms with Crippen molar-refractivity contribution in [3.8, 4) is 0 Å². The quantitative estimate of drug-likeness (QED) is 0.561. The molecule has 0 aromatic rings. The molecular weight excluding hydrogens is 252 g/mol. The van der Waals surface area contributed by atoms with Gasteiger partial charge < -0.3 is 0 Å². The Morgan fingerprint density at radius 3 is 1.80 bits per heavy atom. The number of allylic oxidation sites excluding steroid dienone is 2. The van der Waals surface area contributed by atoms with E-state index in [2.05, 4.69) is 19.4 Å². The minimum atomic E-state index is -0.296. The van der Waals surface area contributed by atoms with E-state index >= 15 is 0 Å². The van der Waals surface area contributed by atoms with E-state index in [0.29, 0.717) is 0 Å². The third-order valence-corrected chi connectivity index (χ3v) is 4.01. The van der Waals surface area contributed by atoms with E-state index in [-0.39, 0.29) is 24.2 Å². The van der Waals surface area contributed by atoms with Gasteiger partial charge in [-0.2, -0.15) is 0 Å². The van der Waals surface area contributed by atoms with E-state index in [0.717, 1.165) is 0 Å². The molecule has 0 atom stereocenters. The summed E-state index contributed by atoms with van der Waals surface area (Å²) in [5.41, 5.74) is 0. The summed E-state index contributed by atoms with van der Waals surface area (Å²) in [7, 11) is 0. The van der Waals surface area contributed by atoms with Crippen molar-refractivity contribution in [2.24, 2.45) is 0 Å². The molecule has 0 nitrogen and oxygen atoms in total. The summed E-state index contributed by atoms with van der Waals surface area (Å²) in [5.74, 6) is 0. The molecule has 1 heterocycles. The molecule has 0 aromatic carbocycles. The Kier molecular flexibility index (Phi) is 1.25. The van der Waals surface area contributed by atoms with Gasteiger partial charge in [0.25, 0.3) is 0 Å². The Hall–Kier alpha value is 0.402. The SMILES string of the molecule is C1=[CH][Tl][CH]=C1. The van der Waals surface area contributed by atoms with Crippen molar-refractivity contribution in [1.82, 2.24) is 0 Å². The zero-order valence-electron chi connectivity index (χ0n) is 2.89. The Bertz CT molecular complexity index is 61.7. The third-order valence-electron chi connectivity index (χ3n) is 0.556. The van der Waals surface area contributed by atoms with Crippen molar-refractivity contribution in [2.75, 3.05) is 0 Å². The number of hydrogen-bond acceptors (Lipinski definition) is 0. The van der Waals surface area contributed by atoms with Gasteiger partial charge in [-0.25, -0.2) is 0 Å². The first-order valence-electron chi connectivity index (χ1n) is 1.67. The van der Waals surface area contributed by atoms with Crippen LogP contribution >= 0.6 is 0 Å². The summed E-state index contributed by atoms with van der Waals surface area (Å²) >= 11 is -0.296. The summed E-state index contributed by atoms with van der Waals surface area (Å²) < 4.78 is 4.67. The second-order valence-corrected chi connectivity index (χ2v) is 5.45. The summed E-state index contributed by atoms with van der Waals surface area (Å²) in [6.07, 6.45) is 4.30. The molecule has 0 aromatic heterocycles. The van der Waals surface area contributed by atoms with Crippen molar-refractivity contribution in [2.45, 2.75) is 0 Å². The summed E-state index contributed by atoms with van der Waals surface area (Å²) in [6.45, 7) is 0. The van der Waals surface area contributed by atoms with Gasteiger partial charge in [0.2, 0.25) is 0 Å². The van der Waals surface area contributed by atoms with Crippen molar-refractivity contribution in [3.05, 3.63) is 19.4 Å². The second-order valence-electron chi connectivity index (χ2n) is 0.962. The first-order valence-corrected chi connectivity index (χ1v) is 6.85. The van der Waals surface area contributed by atoms with Crippen molar-refractivity contribution >= 4 is 24.2 Å². The maximum absolute atomic E-state index is 2.33. The van der Waals surface area contributed by atoms with Gasteiger partial charge in [0.15, 0.2) is 0 Å². The summed E-state index contributed by atoms with van der Waals surface area (Å²) in [5, 5.41) is 0. The van der Waals surface area contributed by atoms with E-state index in [4.69, 9.17) is 0 Å². The Morgan fingerprint density at radius 2 is 1.60 bits per heavy atom. The van der Waals surface area contributed by atoms with Gasteiger partial charge in [-0.3, -0.25) is 0 Å². The van der Waals surface area contributed by atoms with Crippen LogP contribution in [-0.4, -0.2) is 24.2 Å². The topological polar surface area (TPSA) is 0 Å². The van der Waals surface area contributed by atoms with Crippen LogP contribution in [0.1, 0.15) is 0 Å². The molecule has 1 aliphatic heterocycles. The molecule has 5 heavy (non-hydrogen) atoms. The van der Waals surface area contributed by atoms with Crippen LogP contribution in [0.3, 0.4) is 0 Å². The Balaban J connectivity index is 2.61. The fourth-order valence-corrected chi connectivity index (χ4v) is 2.81. The molecule has 0 spiro atoms. The molecule has 0 aliphatic carbocycles. The molecule has 0 fully saturated rings. The van der Waals surface area contributed by atoms with Gasteiger partial charge in [-0.05, 0) is 0 Å². The fraction of sp³-hybridized carbons (Fsp3) is 0. The molecule has 0 unspecified atom stereocenters. The molecule has 0 N–H and O–H groups in total.